The Morgan fingerprint density at radius 3 is 2.72 bits per heavy atom. The maximum Gasteiger partial charge on any atom is 0.191 e. The number of benzene rings is 1. The number of guanidine groups is 1. The molecule has 0 spiro atoms. The number of hydrogen-bond acceptors (Lipinski definition) is 3. The molecule has 1 unspecified atom stereocenters. The maximum absolute atomic E-state index is 5.96. The third kappa shape index (κ3) is 6.02. The van der Waals surface area contributed by atoms with E-state index in [-0.39, 0.29) is 30.1 Å². The van der Waals surface area contributed by atoms with Crippen LogP contribution in [0.3, 0.4) is 0 Å². The molecule has 140 valence electrons. The number of ether oxygens (including phenoxy) is 1. The zero-order valence-electron chi connectivity index (χ0n) is 15.3. The van der Waals surface area contributed by atoms with Gasteiger partial charge in [0.25, 0.3) is 0 Å². The Hall–Kier alpha value is -1.02. The van der Waals surface area contributed by atoms with E-state index in [9.17, 15) is 0 Å². The average Bonchev–Trinajstić information content (AvgIpc) is 3.02. The van der Waals surface area contributed by atoms with Crippen molar-refractivity contribution in [3.8, 4) is 5.75 Å². The van der Waals surface area contributed by atoms with Gasteiger partial charge in [0.05, 0.1) is 6.54 Å². The molecule has 0 aromatic heterocycles. The van der Waals surface area contributed by atoms with Gasteiger partial charge in [-0.1, -0.05) is 18.2 Å². The van der Waals surface area contributed by atoms with Gasteiger partial charge in [-0.25, -0.2) is 0 Å². The number of fused-ring (bicyclic) bond motifs is 1. The molecule has 0 aliphatic carbocycles. The fourth-order valence-electron chi connectivity index (χ4n) is 3.54. The van der Waals surface area contributed by atoms with E-state index in [4.69, 9.17) is 4.74 Å². The van der Waals surface area contributed by atoms with Crippen molar-refractivity contribution in [2.24, 2.45) is 10.9 Å². The van der Waals surface area contributed by atoms with E-state index in [1.807, 2.05) is 19.2 Å². The Morgan fingerprint density at radius 2 is 2.00 bits per heavy atom. The molecule has 2 N–H and O–H groups in total. The van der Waals surface area contributed by atoms with Gasteiger partial charge in [-0.3, -0.25) is 4.99 Å². The first-order chi connectivity index (χ1) is 11.7. The van der Waals surface area contributed by atoms with Gasteiger partial charge in [0.2, 0.25) is 0 Å². The van der Waals surface area contributed by atoms with E-state index in [1.54, 1.807) is 0 Å². The van der Waals surface area contributed by atoms with Crippen molar-refractivity contribution in [2.45, 2.75) is 31.8 Å². The van der Waals surface area contributed by atoms with Crippen LogP contribution in [0.4, 0.5) is 0 Å². The molecule has 5 nitrogen and oxygen atoms in total. The molecule has 1 aromatic rings. The van der Waals surface area contributed by atoms with Gasteiger partial charge in [-0.05, 0) is 56.9 Å². The first kappa shape index (κ1) is 20.3. The Bertz CT molecular complexity index is 533. The highest BCUT2D eigenvalue weighted by molar-refractivity contribution is 14.0. The molecule has 1 saturated heterocycles. The van der Waals surface area contributed by atoms with Crippen molar-refractivity contribution in [1.29, 1.82) is 0 Å². The summed E-state index contributed by atoms with van der Waals surface area (Å²) < 4.78 is 5.96. The second kappa shape index (κ2) is 10.2. The third-order valence-electron chi connectivity index (χ3n) is 5.12. The van der Waals surface area contributed by atoms with Crippen molar-refractivity contribution in [1.82, 2.24) is 15.5 Å². The second-order valence-electron chi connectivity index (χ2n) is 6.97. The molecule has 0 radical (unpaired) electrons. The summed E-state index contributed by atoms with van der Waals surface area (Å²) in [5, 5.41) is 6.84. The molecular weight excluding hydrogens is 427 g/mol. The molecule has 2 aliphatic rings. The molecular formula is C19H31IN4O. The van der Waals surface area contributed by atoms with Crippen LogP contribution >= 0.6 is 24.0 Å². The van der Waals surface area contributed by atoms with Crippen LogP contribution in [0.15, 0.2) is 29.3 Å². The summed E-state index contributed by atoms with van der Waals surface area (Å²) in [6, 6.07) is 8.29. The van der Waals surface area contributed by atoms with Crippen LogP contribution in [0.2, 0.25) is 0 Å². The molecule has 0 bridgehead atoms. The Labute approximate surface area is 168 Å². The molecule has 6 heteroatoms. The third-order valence-corrected chi connectivity index (χ3v) is 5.12. The largest absolute Gasteiger partial charge is 0.488 e. The normalized spacial score (nSPS) is 21.2. The van der Waals surface area contributed by atoms with E-state index in [0.29, 0.717) is 0 Å². The van der Waals surface area contributed by atoms with Gasteiger partial charge in [0, 0.05) is 20.0 Å². The van der Waals surface area contributed by atoms with Gasteiger partial charge >= 0.3 is 0 Å². The lowest BCUT2D eigenvalue weighted by atomic mass is 9.94. The SMILES string of the molecule is CN=C(NCCC1CCN(C)CC1)NCC1Cc2ccccc2O1.I. The highest BCUT2D eigenvalue weighted by Gasteiger charge is 2.22. The van der Waals surface area contributed by atoms with E-state index < -0.39 is 0 Å². The van der Waals surface area contributed by atoms with Gasteiger partial charge in [0.15, 0.2) is 5.96 Å². The minimum Gasteiger partial charge on any atom is -0.488 e. The lowest BCUT2D eigenvalue weighted by Crippen LogP contribution is -2.43. The van der Waals surface area contributed by atoms with Gasteiger partial charge in [-0.15, -0.1) is 24.0 Å². The number of rotatable bonds is 5. The van der Waals surface area contributed by atoms with Crippen molar-refractivity contribution >= 4 is 29.9 Å². The maximum atomic E-state index is 5.96. The lowest BCUT2D eigenvalue weighted by molar-refractivity contribution is 0.213. The van der Waals surface area contributed by atoms with Gasteiger partial charge in [0.1, 0.15) is 11.9 Å². The summed E-state index contributed by atoms with van der Waals surface area (Å²) >= 11 is 0. The number of nitrogens with zero attached hydrogens (tertiary/aromatic N) is 2. The molecule has 2 aliphatic heterocycles. The van der Waals surface area contributed by atoms with Gasteiger partial charge in [-0.2, -0.15) is 0 Å². The number of likely N-dealkylation sites (tertiary alicyclic amines) is 1. The number of hydrogen-bond donors (Lipinski definition) is 2. The Balaban J connectivity index is 0.00000225. The van der Waals surface area contributed by atoms with Crippen molar-refractivity contribution in [3.05, 3.63) is 29.8 Å². The predicted octanol–water partition coefficient (Wildman–Crippen LogP) is 2.51. The average molecular weight is 458 g/mol. The van der Waals surface area contributed by atoms with E-state index >= 15 is 0 Å². The lowest BCUT2D eigenvalue weighted by Gasteiger charge is -2.29. The highest BCUT2D eigenvalue weighted by Crippen LogP contribution is 2.27. The van der Waals surface area contributed by atoms with E-state index in [2.05, 4.69) is 39.7 Å². The van der Waals surface area contributed by atoms with Crippen LogP contribution in [-0.2, 0) is 6.42 Å². The minimum atomic E-state index is 0. The van der Waals surface area contributed by atoms with Crippen LogP contribution in [0.1, 0.15) is 24.8 Å². The molecule has 3 rings (SSSR count). The number of piperidine rings is 1. The topological polar surface area (TPSA) is 48.9 Å². The van der Waals surface area contributed by atoms with Crippen LogP contribution in [0, 0.1) is 5.92 Å². The van der Waals surface area contributed by atoms with Crippen molar-refractivity contribution in [2.75, 3.05) is 40.3 Å². The zero-order valence-corrected chi connectivity index (χ0v) is 17.7. The highest BCUT2D eigenvalue weighted by atomic mass is 127. The van der Waals surface area contributed by atoms with E-state index in [0.717, 1.165) is 37.1 Å². The smallest absolute Gasteiger partial charge is 0.191 e. The molecule has 2 heterocycles. The van der Waals surface area contributed by atoms with Crippen LogP contribution in [0.5, 0.6) is 5.75 Å². The van der Waals surface area contributed by atoms with Crippen LogP contribution in [0.25, 0.3) is 0 Å². The van der Waals surface area contributed by atoms with Crippen molar-refractivity contribution in [3.63, 3.8) is 0 Å². The molecule has 1 fully saturated rings. The second-order valence-corrected chi connectivity index (χ2v) is 6.97. The standard InChI is InChI=1S/C19H30N4O.HI/c1-20-19(21-10-7-15-8-11-23(2)12-9-15)22-14-17-13-16-5-3-4-6-18(16)24-17;/h3-6,15,17H,7-14H2,1-2H3,(H2,20,21,22);1H. The first-order valence-corrected chi connectivity index (χ1v) is 9.12. The summed E-state index contributed by atoms with van der Waals surface area (Å²) in [6.45, 7) is 4.23. The Morgan fingerprint density at radius 1 is 1.24 bits per heavy atom. The molecule has 25 heavy (non-hydrogen) atoms. The summed E-state index contributed by atoms with van der Waals surface area (Å²) in [7, 11) is 4.04. The monoisotopic (exact) mass is 458 g/mol. The molecule has 0 saturated carbocycles. The van der Waals surface area contributed by atoms with Gasteiger partial charge < -0.3 is 20.3 Å². The molecule has 1 atom stereocenters. The number of para-hydroxylation sites is 1. The zero-order chi connectivity index (χ0) is 16.8. The van der Waals surface area contributed by atoms with Crippen molar-refractivity contribution < 1.29 is 4.74 Å². The Kier molecular flexibility index (Phi) is 8.29. The fourth-order valence-corrected chi connectivity index (χ4v) is 3.54. The fraction of sp³-hybridized carbons (Fsp3) is 0.632. The first-order valence-electron chi connectivity index (χ1n) is 9.12. The summed E-state index contributed by atoms with van der Waals surface area (Å²) in [5.74, 6) is 2.75. The minimum absolute atomic E-state index is 0. The number of nitrogens with one attached hydrogen (secondary N) is 2. The van der Waals surface area contributed by atoms with Crippen LogP contribution in [-0.4, -0.2) is 57.2 Å². The molecule has 1 aromatic carbocycles. The predicted molar refractivity (Wildman–Crippen MR) is 114 cm³/mol. The number of halogens is 1. The molecule has 0 amide bonds. The quantitative estimate of drug-likeness (QED) is 0.405. The number of aliphatic imine (C=N–C) groups is 1. The van der Waals surface area contributed by atoms with E-state index in [1.165, 1.54) is 37.9 Å². The summed E-state index contributed by atoms with van der Waals surface area (Å²) in [5.41, 5.74) is 1.30. The summed E-state index contributed by atoms with van der Waals surface area (Å²) in [6.07, 6.45) is 5.02. The summed E-state index contributed by atoms with van der Waals surface area (Å²) in [4.78, 5) is 6.74. The van der Waals surface area contributed by atoms with Crippen LogP contribution < -0.4 is 15.4 Å².